The average molecular weight is 541 g/mol. The molecule has 2 N–H and O–H groups in total. The van der Waals surface area contributed by atoms with Crippen molar-refractivity contribution >= 4 is 11.9 Å². The molecule has 0 fully saturated rings. The monoisotopic (exact) mass is 540 g/mol. The molecule has 218 valence electrons. The maximum Gasteiger partial charge on any atom is 0.331 e. The molecule has 39 heavy (non-hydrogen) atoms. The number of carbonyl (C=O) groups excluding carboxylic acids is 1. The Labute approximate surface area is 237 Å². The summed E-state index contributed by atoms with van der Waals surface area (Å²) in [5.41, 5.74) is 3.26. The minimum absolute atomic E-state index is 0.120. The van der Waals surface area contributed by atoms with E-state index in [1.165, 1.54) is 0 Å². The fourth-order valence-electron chi connectivity index (χ4n) is 4.83. The van der Waals surface area contributed by atoms with Crippen molar-refractivity contribution in [1.82, 2.24) is 0 Å². The summed E-state index contributed by atoms with van der Waals surface area (Å²) >= 11 is 0. The quantitative estimate of drug-likeness (QED) is 0.119. The number of cyclic esters (lactones) is 1. The van der Waals surface area contributed by atoms with Gasteiger partial charge in [-0.1, -0.05) is 99.8 Å². The van der Waals surface area contributed by atoms with Gasteiger partial charge in [0.15, 0.2) is 0 Å². The Bertz CT molecular complexity index is 960. The number of rotatable bonds is 11. The predicted octanol–water partition coefficient (Wildman–Crippen LogP) is 8.28. The van der Waals surface area contributed by atoms with Gasteiger partial charge in [-0.15, -0.1) is 0 Å². The number of esters is 1. The van der Waals surface area contributed by atoms with Crippen molar-refractivity contribution in [3.8, 4) is 0 Å². The fraction of sp³-hybridized carbons (Fsp3) is 0.588. The van der Waals surface area contributed by atoms with E-state index in [0.29, 0.717) is 31.3 Å². The van der Waals surface area contributed by atoms with E-state index in [2.05, 4.69) is 39.8 Å². The number of allylic oxidation sites excluding steroid dienone is 9. The van der Waals surface area contributed by atoms with Gasteiger partial charge in [0.05, 0.1) is 6.10 Å². The smallest absolute Gasteiger partial charge is 0.331 e. The number of carboxylic acid groups (broad SMARTS) is 1. The molecule has 0 aromatic rings. The summed E-state index contributed by atoms with van der Waals surface area (Å²) in [5.74, 6) is -0.909. The number of unbranched alkanes of at least 4 members (excludes halogenated alkanes) is 1. The second-order valence-corrected chi connectivity index (χ2v) is 11.4. The van der Waals surface area contributed by atoms with Crippen LogP contribution < -0.4 is 0 Å². The zero-order valence-corrected chi connectivity index (χ0v) is 25.3. The number of hydrogen-bond acceptors (Lipinski definition) is 4. The van der Waals surface area contributed by atoms with E-state index in [4.69, 9.17) is 4.74 Å². The third-order valence-electron chi connectivity index (χ3n) is 7.16. The maximum absolute atomic E-state index is 12.4. The molecule has 0 spiro atoms. The Morgan fingerprint density at radius 2 is 1.79 bits per heavy atom. The van der Waals surface area contributed by atoms with E-state index in [1.54, 1.807) is 6.08 Å². The zero-order valence-electron chi connectivity index (χ0n) is 25.3. The lowest BCUT2D eigenvalue weighted by molar-refractivity contribution is -0.151. The summed E-state index contributed by atoms with van der Waals surface area (Å²) in [4.78, 5) is 24.8. The van der Waals surface area contributed by atoms with Gasteiger partial charge >= 0.3 is 11.9 Å². The van der Waals surface area contributed by atoms with E-state index < -0.39 is 12.1 Å². The van der Waals surface area contributed by atoms with Crippen molar-refractivity contribution in [3.63, 3.8) is 0 Å². The van der Waals surface area contributed by atoms with Crippen LogP contribution in [-0.4, -0.2) is 34.4 Å². The molecule has 0 saturated heterocycles. The van der Waals surface area contributed by atoms with Crippen LogP contribution in [-0.2, 0) is 14.3 Å². The molecule has 5 nitrogen and oxygen atoms in total. The predicted molar refractivity (Wildman–Crippen MR) is 161 cm³/mol. The van der Waals surface area contributed by atoms with Crippen molar-refractivity contribution in [1.29, 1.82) is 0 Å². The molecule has 0 bridgehead atoms. The largest absolute Gasteiger partial charge is 0.478 e. The summed E-state index contributed by atoms with van der Waals surface area (Å²) < 4.78 is 5.69. The van der Waals surface area contributed by atoms with Gasteiger partial charge < -0.3 is 14.9 Å². The Morgan fingerprint density at radius 3 is 2.44 bits per heavy atom. The lowest BCUT2D eigenvalue weighted by Crippen LogP contribution is -2.24. The van der Waals surface area contributed by atoms with Crippen molar-refractivity contribution in [3.05, 3.63) is 70.9 Å². The summed E-state index contributed by atoms with van der Waals surface area (Å²) in [5, 5.41) is 20.2. The lowest BCUT2D eigenvalue weighted by atomic mass is 9.80. The number of aliphatic carboxylic acids is 1. The fourth-order valence-corrected chi connectivity index (χ4v) is 4.83. The van der Waals surface area contributed by atoms with Crippen LogP contribution in [0, 0.1) is 17.8 Å². The van der Waals surface area contributed by atoms with E-state index in [0.717, 1.165) is 42.4 Å². The Balaban J connectivity index is 3.07. The van der Waals surface area contributed by atoms with Crippen molar-refractivity contribution in [2.24, 2.45) is 17.8 Å². The Kier molecular flexibility index (Phi) is 16.4. The molecular formula is C34H52O5. The van der Waals surface area contributed by atoms with Gasteiger partial charge in [0.1, 0.15) is 6.10 Å². The molecule has 0 radical (unpaired) electrons. The minimum Gasteiger partial charge on any atom is -0.478 e. The standard InChI is InChI=1S/C34H52O5/c1-8-9-17-29(35)22-26(5)15-12-14-25(4)21-27(6)23-31(34(37)38)30-18-13-20-33(36)39-32(24(2)3)19-11-10-16-28(30)7/h10-12,14-15,21-24,28-30,32,35H,8-9,13,16-20H2,1-7H3,(H,37,38)/b11-10+,15-12+,25-14+,26-22+,27-21+,31-23+/t28-,29-,30-,32+/m0/s1. The normalized spacial score (nSPS) is 24.7. The first-order valence-electron chi connectivity index (χ1n) is 14.6. The zero-order chi connectivity index (χ0) is 29.4. The SMILES string of the molecule is CCCC[C@H](O)/C=C(C)/C=C/C=C(C)/C=C(C)/C=C(/C(=O)O)[C@H]1CCCC(=O)O[C@@H](C(C)C)C/C=C/C[C@@H]1C. The van der Waals surface area contributed by atoms with Gasteiger partial charge in [0, 0.05) is 18.4 Å². The third-order valence-corrected chi connectivity index (χ3v) is 7.16. The van der Waals surface area contributed by atoms with Crippen molar-refractivity contribution in [2.75, 3.05) is 0 Å². The number of aliphatic hydroxyl groups is 1. The minimum atomic E-state index is -0.915. The number of carboxylic acids is 1. The van der Waals surface area contributed by atoms with Crippen LogP contribution in [0.25, 0.3) is 0 Å². The molecular weight excluding hydrogens is 488 g/mol. The highest BCUT2D eigenvalue weighted by molar-refractivity contribution is 5.88. The molecule has 5 heteroatoms. The van der Waals surface area contributed by atoms with E-state index >= 15 is 0 Å². The number of carbonyl (C=O) groups is 2. The van der Waals surface area contributed by atoms with Crippen LogP contribution in [0.2, 0.25) is 0 Å². The first-order valence-corrected chi connectivity index (χ1v) is 14.6. The first-order chi connectivity index (χ1) is 18.4. The van der Waals surface area contributed by atoms with Crippen LogP contribution in [0.1, 0.15) is 99.8 Å². The average Bonchev–Trinajstić information content (AvgIpc) is 2.84. The van der Waals surface area contributed by atoms with Crippen LogP contribution >= 0.6 is 0 Å². The first kappa shape index (κ1) is 34.4. The van der Waals surface area contributed by atoms with Crippen LogP contribution in [0.15, 0.2) is 70.9 Å². The van der Waals surface area contributed by atoms with Gasteiger partial charge in [-0.05, 0) is 70.3 Å². The molecule has 0 aromatic carbocycles. The Morgan fingerprint density at radius 1 is 1.10 bits per heavy atom. The molecule has 0 unspecified atom stereocenters. The highest BCUT2D eigenvalue weighted by atomic mass is 16.5. The lowest BCUT2D eigenvalue weighted by Gasteiger charge is -2.26. The van der Waals surface area contributed by atoms with Crippen molar-refractivity contribution < 1.29 is 24.5 Å². The van der Waals surface area contributed by atoms with Crippen LogP contribution in [0.5, 0.6) is 0 Å². The van der Waals surface area contributed by atoms with E-state index in [-0.39, 0.29) is 29.8 Å². The molecule has 0 aromatic heterocycles. The summed E-state index contributed by atoms with van der Waals surface area (Å²) in [6.07, 6.45) is 21.0. The van der Waals surface area contributed by atoms with Gasteiger partial charge in [-0.25, -0.2) is 4.79 Å². The van der Waals surface area contributed by atoms with Crippen LogP contribution in [0.3, 0.4) is 0 Å². The van der Waals surface area contributed by atoms with E-state index in [9.17, 15) is 19.8 Å². The maximum atomic E-state index is 12.4. The van der Waals surface area contributed by atoms with Gasteiger partial charge in [0.2, 0.25) is 0 Å². The molecule has 1 heterocycles. The summed E-state index contributed by atoms with van der Waals surface area (Å²) in [7, 11) is 0. The molecule has 0 aliphatic carbocycles. The highest BCUT2D eigenvalue weighted by Crippen LogP contribution is 2.31. The molecule has 1 aliphatic rings. The van der Waals surface area contributed by atoms with Gasteiger partial charge in [0.25, 0.3) is 0 Å². The van der Waals surface area contributed by atoms with Crippen molar-refractivity contribution in [2.45, 2.75) is 112 Å². The number of aliphatic hydroxyl groups excluding tert-OH is 1. The third kappa shape index (κ3) is 14.3. The topological polar surface area (TPSA) is 83.8 Å². The molecule has 4 atom stereocenters. The molecule has 0 amide bonds. The van der Waals surface area contributed by atoms with Gasteiger partial charge in [-0.2, -0.15) is 0 Å². The molecule has 1 aliphatic heterocycles. The second-order valence-electron chi connectivity index (χ2n) is 11.4. The Hall–Kier alpha value is -2.66. The summed E-state index contributed by atoms with van der Waals surface area (Å²) in [6.45, 7) is 14.2. The van der Waals surface area contributed by atoms with Crippen LogP contribution in [0.4, 0.5) is 0 Å². The number of hydrogen-bond donors (Lipinski definition) is 2. The van der Waals surface area contributed by atoms with Gasteiger partial charge in [-0.3, -0.25) is 4.79 Å². The molecule has 1 rings (SSSR count). The molecule has 0 saturated carbocycles. The highest BCUT2D eigenvalue weighted by Gasteiger charge is 2.27. The number of ether oxygens (including phenoxy) is 1. The second kappa shape index (κ2) is 18.6. The van der Waals surface area contributed by atoms with E-state index in [1.807, 2.05) is 51.2 Å². The summed E-state index contributed by atoms with van der Waals surface area (Å²) in [6, 6.07) is 0.